The number of amides is 1. The normalized spacial score (nSPS) is 15.9. The summed E-state index contributed by atoms with van der Waals surface area (Å²) in [5.41, 5.74) is 4.26. The SMILES string of the molecule is Cc1cccc(COc2ccc(C(O)=C3C(=O)C(=O)N(c4nccs4)[C@@H]3c3ccc(OCc4ccccc4)cc3)cc2)c1. The molecule has 0 radical (unpaired) electrons. The van der Waals surface area contributed by atoms with Gasteiger partial charge in [0.25, 0.3) is 5.78 Å². The van der Waals surface area contributed by atoms with E-state index in [9.17, 15) is 14.7 Å². The Labute approximate surface area is 253 Å². The first-order valence-electron chi connectivity index (χ1n) is 13.7. The minimum absolute atomic E-state index is 0.00779. The van der Waals surface area contributed by atoms with Crippen LogP contribution in [-0.4, -0.2) is 21.8 Å². The van der Waals surface area contributed by atoms with E-state index in [2.05, 4.69) is 11.1 Å². The number of carbonyl (C=O) groups is 2. The average molecular weight is 589 g/mol. The van der Waals surface area contributed by atoms with Crippen molar-refractivity contribution in [3.05, 3.63) is 148 Å². The summed E-state index contributed by atoms with van der Waals surface area (Å²) in [7, 11) is 0. The fraction of sp³-hybridized carbons (Fsp3) is 0.114. The number of aryl methyl sites for hydroxylation is 1. The number of carbonyl (C=O) groups excluding carboxylic acids is 2. The third kappa shape index (κ3) is 6.05. The number of anilines is 1. The molecule has 5 aromatic rings. The van der Waals surface area contributed by atoms with Gasteiger partial charge >= 0.3 is 5.91 Å². The second kappa shape index (κ2) is 12.3. The maximum absolute atomic E-state index is 13.4. The highest BCUT2D eigenvalue weighted by Gasteiger charge is 2.48. The zero-order chi connectivity index (χ0) is 29.8. The quantitative estimate of drug-likeness (QED) is 0.111. The molecule has 1 aromatic heterocycles. The Balaban J connectivity index is 1.28. The zero-order valence-corrected chi connectivity index (χ0v) is 24.2. The fourth-order valence-electron chi connectivity index (χ4n) is 5.00. The van der Waals surface area contributed by atoms with Gasteiger partial charge in [0.15, 0.2) is 5.13 Å². The molecule has 0 saturated carbocycles. The highest BCUT2D eigenvalue weighted by molar-refractivity contribution is 7.14. The van der Waals surface area contributed by atoms with Crippen LogP contribution in [0.25, 0.3) is 5.76 Å². The number of Topliss-reactive ketones (excluding diaryl/α,β-unsaturated/α-hetero) is 1. The van der Waals surface area contributed by atoms with Gasteiger partial charge in [-0.25, -0.2) is 4.98 Å². The van der Waals surface area contributed by atoms with Crippen LogP contribution in [0.15, 0.2) is 120 Å². The standard InChI is InChI=1S/C35H28N2O5S/c1-23-6-5-9-25(20-23)22-42-29-16-12-27(13-17-29)32(38)30-31(37(34(40)33(30)39)35-36-18-19-43-35)26-10-14-28(15-11-26)41-21-24-7-3-2-4-8-24/h2-20,31,38H,21-22H2,1H3/t31-/m1/s1. The van der Waals surface area contributed by atoms with Crippen LogP contribution in [0.5, 0.6) is 11.5 Å². The number of thiazole rings is 1. The molecule has 0 aliphatic carbocycles. The van der Waals surface area contributed by atoms with Crippen LogP contribution in [0.2, 0.25) is 0 Å². The van der Waals surface area contributed by atoms with Crippen LogP contribution in [0.3, 0.4) is 0 Å². The van der Waals surface area contributed by atoms with Crippen LogP contribution in [0.1, 0.15) is 33.9 Å². The molecule has 1 aliphatic rings. The van der Waals surface area contributed by atoms with Crippen LogP contribution >= 0.6 is 11.3 Å². The number of aromatic nitrogens is 1. The Hall–Kier alpha value is -5.21. The van der Waals surface area contributed by atoms with Crippen molar-refractivity contribution in [2.45, 2.75) is 26.2 Å². The van der Waals surface area contributed by atoms with Gasteiger partial charge in [-0.05, 0) is 60.0 Å². The van der Waals surface area contributed by atoms with E-state index in [1.54, 1.807) is 60.1 Å². The summed E-state index contributed by atoms with van der Waals surface area (Å²) in [6, 6.07) is 31.0. The third-order valence-electron chi connectivity index (χ3n) is 7.13. The molecule has 43 heavy (non-hydrogen) atoms. The first-order chi connectivity index (χ1) is 21.0. The maximum atomic E-state index is 13.4. The number of aliphatic hydroxyl groups excluding tert-OH is 1. The third-order valence-corrected chi connectivity index (χ3v) is 7.90. The maximum Gasteiger partial charge on any atom is 0.301 e. The summed E-state index contributed by atoms with van der Waals surface area (Å²) in [4.78, 5) is 32.4. The molecule has 7 nitrogen and oxygen atoms in total. The van der Waals surface area contributed by atoms with Crippen LogP contribution in [0.4, 0.5) is 5.13 Å². The summed E-state index contributed by atoms with van der Waals surface area (Å²) >= 11 is 1.25. The predicted molar refractivity (Wildman–Crippen MR) is 166 cm³/mol. The molecule has 2 heterocycles. The molecule has 0 unspecified atom stereocenters. The van der Waals surface area contributed by atoms with Gasteiger partial charge in [-0.3, -0.25) is 14.5 Å². The van der Waals surface area contributed by atoms with E-state index in [4.69, 9.17) is 9.47 Å². The van der Waals surface area contributed by atoms with Gasteiger partial charge in [-0.15, -0.1) is 11.3 Å². The lowest BCUT2D eigenvalue weighted by atomic mass is 9.95. The fourth-order valence-corrected chi connectivity index (χ4v) is 5.67. The number of ketones is 1. The average Bonchev–Trinajstić information content (AvgIpc) is 3.66. The lowest BCUT2D eigenvalue weighted by Crippen LogP contribution is -2.29. The second-order valence-electron chi connectivity index (χ2n) is 10.1. The van der Waals surface area contributed by atoms with Gasteiger partial charge in [0.1, 0.15) is 30.5 Å². The minimum atomic E-state index is -0.869. The van der Waals surface area contributed by atoms with Crippen molar-refractivity contribution in [1.29, 1.82) is 0 Å². The number of benzene rings is 4. The lowest BCUT2D eigenvalue weighted by Gasteiger charge is -2.23. The molecule has 0 bridgehead atoms. The topological polar surface area (TPSA) is 89.0 Å². The second-order valence-corrected chi connectivity index (χ2v) is 11.0. The number of rotatable bonds is 9. The first-order valence-corrected chi connectivity index (χ1v) is 14.6. The van der Waals surface area contributed by atoms with Gasteiger partial charge in [0.2, 0.25) is 0 Å². The summed E-state index contributed by atoms with van der Waals surface area (Å²) in [5.74, 6) is -0.535. The Morgan fingerprint density at radius 3 is 2.14 bits per heavy atom. The van der Waals surface area contributed by atoms with Crippen LogP contribution in [-0.2, 0) is 22.8 Å². The van der Waals surface area contributed by atoms with Gasteiger partial charge < -0.3 is 14.6 Å². The van der Waals surface area contributed by atoms with E-state index in [-0.39, 0.29) is 11.3 Å². The van der Waals surface area contributed by atoms with E-state index in [0.717, 1.165) is 16.7 Å². The zero-order valence-electron chi connectivity index (χ0n) is 23.3. The molecule has 4 aromatic carbocycles. The molecule has 1 aliphatic heterocycles. The highest BCUT2D eigenvalue weighted by Crippen LogP contribution is 2.43. The van der Waals surface area contributed by atoms with E-state index in [0.29, 0.717) is 41.0 Å². The van der Waals surface area contributed by atoms with E-state index in [1.165, 1.54) is 16.2 Å². The summed E-state index contributed by atoms with van der Waals surface area (Å²) in [5, 5.41) is 13.6. The number of ether oxygens (including phenoxy) is 2. The minimum Gasteiger partial charge on any atom is -0.507 e. The van der Waals surface area contributed by atoms with E-state index in [1.807, 2.05) is 55.5 Å². The van der Waals surface area contributed by atoms with Crippen molar-refractivity contribution in [1.82, 2.24) is 4.98 Å². The molecule has 0 spiro atoms. The summed E-state index contributed by atoms with van der Waals surface area (Å²) in [6.07, 6.45) is 1.58. The first kappa shape index (κ1) is 27.9. The summed E-state index contributed by atoms with van der Waals surface area (Å²) < 4.78 is 11.8. The number of hydrogen-bond donors (Lipinski definition) is 1. The van der Waals surface area contributed by atoms with Crippen molar-refractivity contribution in [2.75, 3.05) is 4.90 Å². The Kier molecular flexibility index (Phi) is 8.02. The van der Waals surface area contributed by atoms with Gasteiger partial charge in [-0.2, -0.15) is 0 Å². The lowest BCUT2D eigenvalue weighted by molar-refractivity contribution is -0.132. The van der Waals surface area contributed by atoms with Crippen LogP contribution < -0.4 is 14.4 Å². The van der Waals surface area contributed by atoms with Crippen LogP contribution in [0, 0.1) is 6.92 Å². The molecular weight excluding hydrogens is 560 g/mol. The number of nitrogens with zero attached hydrogens (tertiary/aromatic N) is 2. The molecule has 1 saturated heterocycles. The largest absolute Gasteiger partial charge is 0.507 e. The monoisotopic (exact) mass is 588 g/mol. The highest BCUT2D eigenvalue weighted by atomic mass is 32.1. The molecule has 1 N–H and O–H groups in total. The Bertz CT molecular complexity index is 1770. The molecule has 1 fully saturated rings. The van der Waals surface area contributed by atoms with Crippen molar-refractivity contribution in [3.8, 4) is 11.5 Å². The number of hydrogen-bond acceptors (Lipinski definition) is 7. The molecule has 1 amide bonds. The van der Waals surface area contributed by atoms with Gasteiger partial charge in [-0.1, -0.05) is 72.3 Å². The van der Waals surface area contributed by atoms with Crippen molar-refractivity contribution < 1.29 is 24.2 Å². The van der Waals surface area contributed by atoms with E-state index >= 15 is 0 Å². The van der Waals surface area contributed by atoms with Crippen molar-refractivity contribution in [2.24, 2.45) is 0 Å². The smallest absolute Gasteiger partial charge is 0.301 e. The molecule has 1 atom stereocenters. The molecule has 8 heteroatoms. The molecule has 6 rings (SSSR count). The van der Waals surface area contributed by atoms with Crippen molar-refractivity contribution in [3.63, 3.8) is 0 Å². The van der Waals surface area contributed by atoms with Gasteiger partial charge in [0.05, 0.1) is 11.6 Å². The predicted octanol–water partition coefficient (Wildman–Crippen LogP) is 7.24. The van der Waals surface area contributed by atoms with Crippen molar-refractivity contribution >= 4 is 33.9 Å². The Morgan fingerprint density at radius 2 is 1.49 bits per heavy atom. The molecular formula is C35H28N2O5S. The summed E-state index contributed by atoms with van der Waals surface area (Å²) in [6.45, 7) is 2.83. The number of aliphatic hydroxyl groups is 1. The van der Waals surface area contributed by atoms with Gasteiger partial charge in [0, 0.05) is 17.1 Å². The van der Waals surface area contributed by atoms with E-state index < -0.39 is 17.7 Å². The Morgan fingerprint density at radius 1 is 0.837 bits per heavy atom. The molecule has 214 valence electrons.